The summed E-state index contributed by atoms with van der Waals surface area (Å²) in [4.78, 5) is 23.1. The number of nitrogens with one attached hydrogen (secondary N) is 1. The summed E-state index contributed by atoms with van der Waals surface area (Å²) in [5.41, 5.74) is 2.33. The second-order valence-electron chi connectivity index (χ2n) is 4.94. The maximum atomic E-state index is 11.8. The predicted octanol–water partition coefficient (Wildman–Crippen LogP) is 2.26. The van der Waals surface area contributed by atoms with Crippen molar-refractivity contribution in [1.29, 1.82) is 0 Å². The van der Waals surface area contributed by atoms with E-state index in [0.29, 0.717) is 11.6 Å². The lowest BCUT2D eigenvalue weighted by Crippen LogP contribution is -2.21. The Kier molecular flexibility index (Phi) is 2.52. The largest absolute Gasteiger partial charge is 0.344 e. The SMILES string of the molecule is CC(C)n1cc(C2=CC(=O)NC2=O)c2ccccc21. The number of para-hydroxylation sites is 1. The highest BCUT2D eigenvalue weighted by Crippen LogP contribution is 2.30. The number of amides is 2. The molecule has 2 amide bonds. The van der Waals surface area contributed by atoms with Crippen molar-refractivity contribution in [2.24, 2.45) is 0 Å². The van der Waals surface area contributed by atoms with Crippen LogP contribution in [0.15, 0.2) is 36.5 Å². The van der Waals surface area contributed by atoms with Crippen molar-refractivity contribution < 1.29 is 9.59 Å². The molecule has 96 valence electrons. The Morgan fingerprint density at radius 2 is 1.89 bits per heavy atom. The lowest BCUT2D eigenvalue weighted by molar-refractivity contribution is -0.123. The summed E-state index contributed by atoms with van der Waals surface area (Å²) < 4.78 is 2.11. The van der Waals surface area contributed by atoms with Crippen LogP contribution in [-0.2, 0) is 9.59 Å². The fourth-order valence-corrected chi connectivity index (χ4v) is 2.46. The average molecular weight is 254 g/mol. The number of aromatic nitrogens is 1. The van der Waals surface area contributed by atoms with Crippen LogP contribution in [0.2, 0.25) is 0 Å². The molecule has 0 saturated carbocycles. The van der Waals surface area contributed by atoms with Gasteiger partial charge in [0.25, 0.3) is 11.8 Å². The minimum atomic E-state index is -0.346. The smallest absolute Gasteiger partial charge is 0.258 e. The van der Waals surface area contributed by atoms with Crippen LogP contribution in [0.4, 0.5) is 0 Å². The number of benzene rings is 1. The van der Waals surface area contributed by atoms with Gasteiger partial charge in [0.1, 0.15) is 0 Å². The normalized spacial score (nSPS) is 15.2. The van der Waals surface area contributed by atoms with Crippen LogP contribution in [0, 0.1) is 0 Å². The molecule has 0 atom stereocenters. The van der Waals surface area contributed by atoms with E-state index in [9.17, 15) is 9.59 Å². The van der Waals surface area contributed by atoms with Gasteiger partial charge in [-0.05, 0) is 19.9 Å². The summed E-state index contributed by atoms with van der Waals surface area (Å²) in [7, 11) is 0. The number of carbonyl (C=O) groups excluding carboxylic acids is 2. The fourth-order valence-electron chi connectivity index (χ4n) is 2.46. The molecular weight excluding hydrogens is 240 g/mol. The van der Waals surface area contributed by atoms with Crippen molar-refractivity contribution in [2.75, 3.05) is 0 Å². The van der Waals surface area contributed by atoms with E-state index in [-0.39, 0.29) is 11.8 Å². The number of fused-ring (bicyclic) bond motifs is 1. The molecule has 0 spiro atoms. The van der Waals surface area contributed by atoms with Crippen molar-refractivity contribution >= 4 is 28.3 Å². The van der Waals surface area contributed by atoms with Crippen LogP contribution in [0.1, 0.15) is 25.5 Å². The average Bonchev–Trinajstić information content (AvgIpc) is 2.89. The van der Waals surface area contributed by atoms with Gasteiger partial charge in [-0.3, -0.25) is 14.9 Å². The molecule has 0 aliphatic carbocycles. The van der Waals surface area contributed by atoms with Gasteiger partial charge in [-0.1, -0.05) is 18.2 Å². The van der Waals surface area contributed by atoms with Gasteiger partial charge in [-0.15, -0.1) is 0 Å². The van der Waals surface area contributed by atoms with Crippen molar-refractivity contribution in [2.45, 2.75) is 19.9 Å². The van der Waals surface area contributed by atoms with Crippen molar-refractivity contribution in [1.82, 2.24) is 9.88 Å². The second kappa shape index (κ2) is 4.09. The minimum absolute atomic E-state index is 0.291. The van der Waals surface area contributed by atoms with E-state index in [1.54, 1.807) is 0 Å². The molecule has 0 radical (unpaired) electrons. The highest BCUT2D eigenvalue weighted by atomic mass is 16.2. The topological polar surface area (TPSA) is 51.1 Å². The number of imide groups is 1. The van der Waals surface area contributed by atoms with Gasteiger partial charge < -0.3 is 4.57 Å². The molecule has 19 heavy (non-hydrogen) atoms. The quantitative estimate of drug-likeness (QED) is 0.836. The van der Waals surface area contributed by atoms with Gasteiger partial charge >= 0.3 is 0 Å². The van der Waals surface area contributed by atoms with Gasteiger partial charge in [0.05, 0.1) is 5.57 Å². The molecule has 3 rings (SSSR count). The minimum Gasteiger partial charge on any atom is -0.344 e. The summed E-state index contributed by atoms with van der Waals surface area (Å²) in [5.74, 6) is -0.668. The van der Waals surface area contributed by atoms with Crippen LogP contribution in [0.3, 0.4) is 0 Å². The molecule has 2 aromatic rings. The number of nitrogens with zero attached hydrogens (tertiary/aromatic N) is 1. The molecule has 1 aliphatic heterocycles. The Balaban J connectivity index is 2.28. The summed E-state index contributed by atoms with van der Waals surface area (Å²) in [6.07, 6.45) is 3.31. The third kappa shape index (κ3) is 1.76. The Hall–Kier alpha value is -2.36. The summed E-state index contributed by atoms with van der Waals surface area (Å²) in [6.45, 7) is 4.18. The second-order valence-corrected chi connectivity index (χ2v) is 4.94. The van der Waals surface area contributed by atoms with Crippen LogP contribution in [0.5, 0.6) is 0 Å². The van der Waals surface area contributed by atoms with E-state index in [0.717, 1.165) is 16.5 Å². The number of hydrogen-bond donors (Lipinski definition) is 1. The lowest BCUT2D eigenvalue weighted by atomic mass is 10.1. The molecule has 1 N–H and O–H groups in total. The number of carbonyl (C=O) groups is 2. The summed E-state index contributed by atoms with van der Waals surface area (Å²) >= 11 is 0. The molecule has 0 unspecified atom stereocenters. The van der Waals surface area contributed by atoms with Crippen LogP contribution < -0.4 is 5.32 Å². The first kappa shape index (κ1) is 11.7. The van der Waals surface area contributed by atoms with Crippen LogP contribution in [0.25, 0.3) is 16.5 Å². The van der Waals surface area contributed by atoms with Crippen molar-refractivity contribution in [3.63, 3.8) is 0 Å². The fraction of sp³-hybridized carbons (Fsp3) is 0.200. The monoisotopic (exact) mass is 254 g/mol. The van der Waals surface area contributed by atoms with Gasteiger partial charge in [0.2, 0.25) is 0 Å². The zero-order valence-electron chi connectivity index (χ0n) is 10.8. The van der Waals surface area contributed by atoms with Gasteiger partial charge in [0, 0.05) is 34.8 Å². The zero-order valence-corrected chi connectivity index (χ0v) is 10.8. The van der Waals surface area contributed by atoms with E-state index in [2.05, 4.69) is 23.7 Å². The first-order valence-electron chi connectivity index (χ1n) is 6.25. The van der Waals surface area contributed by atoms with E-state index in [1.807, 2.05) is 30.5 Å². The Labute approximate surface area is 110 Å². The van der Waals surface area contributed by atoms with Crippen molar-refractivity contribution in [3.8, 4) is 0 Å². The van der Waals surface area contributed by atoms with Crippen LogP contribution >= 0.6 is 0 Å². The van der Waals surface area contributed by atoms with E-state index in [1.165, 1.54) is 6.08 Å². The first-order valence-corrected chi connectivity index (χ1v) is 6.25. The third-order valence-electron chi connectivity index (χ3n) is 3.34. The highest BCUT2D eigenvalue weighted by Gasteiger charge is 2.25. The van der Waals surface area contributed by atoms with Gasteiger partial charge in [0.15, 0.2) is 0 Å². The lowest BCUT2D eigenvalue weighted by Gasteiger charge is -2.08. The number of hydrogen-bond acceptors (Lipinski definition) is 2. The van der Waals surface area contributed by atoms with E-state index in [4.69, 9.17) is 0 Å². The molecule has 1 aromatic carbocycles. The molecule has 1 aromatic heterocycles. The van der Waals surface area contributed by atoms with Gasteiger partial charge in [-0.25, -0.2) is 0 Å². The molecule has 2 heterocycles. The highest BCUT2D eigenvalue weighted by molar-refractivity contribution is 6.35. The summed E-state index contributed by atoms with van der Waals surface area (Å²) in [6, 6.07) is 8.19. The van der Waals surface area contributed by atoms with Crippen molar-refractivity contribution in [3.05, 3.63) is 42.1 Å². The molecule has 1 aliphatic rings. The Bertz CT molecular complexity index is 723. The molecule has 0 fully saturated rings. The molecule has 4 heteroatoms. The third-order valence-corrected chi connectivity index (χ3v) is 3.34. The maximum Gasteiger partial charge on any atom is 0.258 e. The molecule has 0 bridgehead atoms. The molecular formula is C15H14N2O2. The zero-order chi connectivity index (χ0) is 13.6. The van der Waals surface area contributed by atoms with E-state index >= 15 is 0 Å². The standard InChI is InChI=1S/C15H14N2O2/c1-9(2)17-8-12(10-5-3-4-6-13(10)17)11-7-14(18)16-15(11)19/h3-9H,1-2H3,(H,16,18,19). The number of rotatable bonds is 2. The molecule has 4 nitrogen and oxygen atoms in total. The molecule has 0 saturated heterocycles. The van der Waals surface area contributed by atoms with Crippen LogP contribution in [-0.4, -0.2) is 16.4 Å². The predicted molar refractivity (Wildman–Crippen MR) is 73.4 cm³/mol. The van der Waals surface area contributed by atoms with E-state index < -0.39 is 0 Å². The van der Waals surface area contributed by atoms with Gasteiger partial charge in [-0.2, -0.15) is 0 Å². The maximum absolute atomic E-state index is 11.8. The first-order chi connectivity index (χ1) is 9.08. The Morgan fingerprint density at radius 3 is 2.53 bits per heavy atom. The Morgan fingerprint density at radius 1 is 1.16 bits per heavy atom. The summed E-state index contributed by atoms with van der Waals surface area (Å²) in [5, 5.41) is 3.28.